The first-order chi connectivity index (χ1) is 9.61. The Kier molecular flexibility index (Phi) is 3.54. The number of aromatic nitrogens is 2. The van der Waals surface area contributed by atoms with Gasteiger partial charge in [-0.05, 0) is 24.1 Å². The molecule has 3 rings (SSSR count). The number of hydrogen-bond donors (Lipinski definition) is 1. The summed E-state index contributed by atoms with van der Waals surface area (Å²) in [6.45, 7) is 1.38. The van der Waals surface area contributed by atoms with Crippen molar-refractivity contribution < 1.29 is 9.50 Å². The molecule has 1 aromatic carbocycles. The normalized spacial score (nSPS) is 23.4. The minimum Gasteiger partial charge on any atom is -0.392 e. The zero-order valence-electron chi connectivity index (χ0n) is 11.4. The molecule has 5 heteroatoms. The molecule has 1 aliphatic rings. The Hall–Kier alpha value is -1.72. The fourth-order valence-electron chi connectivity index (χ4n) is 2.87. The van der Waals surface area contributed by atoms with E-state index in [4.69, 9.17) is 0 Å². The van der Waals surface area contributed by atoms with Gasteiger partial charge in [-0.25, -0.2) is 4.39 Å². The standard InChI is InChI=1S/C15H18FN3O/c1-18-8-11(7-17-18)9-19-10-14(20)6-15(19)12-2-4-13(16)5-3-12/h2-5,7-8,14-15,20H,6,9-10H2,1H3/t14-,15-/m1/s1. The average Bonchev–Trinajstić information content (AvgIpc) is 2.97. The predicted molar refractivity (Wildman–Crippen MR) is 73.4 cm³/mol. The van der Waals surface area contributed by atoms with Gasteiger partial charge in [0.25, 0.3) is 0 Å². The third-order valence-electron chi connectivity index (χ3n) is 3.78. The first-order valence-electron chi connectivity index (χ1n) is 6.77. The molecule has 2 heterocycles. The Bertz CT molecular complexity index is 581. The summed E-state index contributed by atoms with van der Waals surface area (Å²) in [4.78, 5) is 2.22. The highest BCUT2D eigenvalue weighted by Gasteiger charge is 2.32. The van der Waals surface area contributed by atoms with Crippen LogP contribution in [-0.2, 0) is 13.6 Å². The van der Waals surface area contributed by atoms with E-state index in [1.807, 2.05) is 19.4 Å². The predicted octanol–water partition coefficient (Wildman–Crippen LogP) is 1.87. The lowest BCUT2D eigenvalue weighted by Gasteiger charge is -2.23. The van der Waals surface area contributed by atoms with Gasteiger partial charge in [-0.3, -0.25) is 9.58 Å². The second-order valence-corrected chi connectivity index (χ2v) is 5.41. The number of likely N-dealkylation sites (tertiary alicyclic amines) is 1. The van der Waals surface area contributed by atoms with Crippen LogP contribution in [0, 0.1) is 5.82 Å². The van der Waals surface area contributed by atoms with Crippen LogP contribution in [0.1, 0.15) is 23.6 Å². The molecular formula is C15H18FN3O. The highest BCUT2D eigenvalue weighted by atomic mass is 19.1. The summed E-state index contributed by atoms with van der Waals surface area (Å²) in [5.41, 5.74) is 2.17. The third-order valence-corrected chi connectivity index (χ3v) is 3.78. The van der Waals surface area contributed by atoms with E-state index in [0.717, 1.165) is 17.7 Å². The molecule has 0 aliphatic carbocycles. The van der Waals surface area contributed by atoms with Gasteiger partial charge in [-0.2, -0.15) is 5.10 Å². The van der Waals surface area contributed by atoms with E-state index < -0.39 is 0 Å². The van der Waals surface area contributed by atoms with Gasteiger partial charge in [-0.15, -0.1) is 0 Å². The molecule has 2 aromatic rings. The van der Waals surface area contributed by atoms with Gasteiger partial charge < -0.3 is 5.11 Å². The lowest BCUT2D eigenvalue weighted by Crippen LogP contribution is -2.24. The van der Waals surface area contributed by atoms with Gasteiger partial charge in [0.15, 0.2) is 0 Å². The van der Waals surface area contributed by atoms with Crippen LogP contribution in [-0.4, -0.2) is 32.4 Å². The molecule has 0 saturated carbocycles. The highest BCUT2D eigenvalue weighted by Crippen LogP contribution is 2.33. The smallest absolute Gasteiger partial charge is 0.123 e. The van der Waals surface area contributed by atoms with E-state index in [0.29, 0.717) is 13.0 Å². The Morgan fingerprint density at radius 3 is 2.75 bits per heavy atom. The number of β-amino-alcohol motifs (C(OH)–C–C–N with tert-alkyl or cyclic N) is 1. The number of nitrogens with zero attached hydrogens (tertiary/aromatic N) is 3. The molecule has 1 saturated heterocycles. The summed E-state index contributed by atoms with van der Waals surface area (Å²) in [5.74, 6) is -0.230. The monoisotopic (exact) mass is 275 g/mol. The molecule has 106 valence electrons. The summed E-state index contributed by atoms with van der Waals surface area (Å²) in [6.07, 6.45) is 4.17. The number of aliphatic hydroxyl groups excluding tert-OH is 1. The maximum atomic E-state index is 13.0. The molecule has 0 bridgehead atoms. The van der Waals surface area contributed by atoms with Gasteiger partial charge in [-0.1, -0.05) is 12.1 Å². The van der Waals surface area contributed by atoms with Crippen molar-refractivity contribution >= 4 is 0 Å². The van der Waals surface area contributed by atoms with Crippen LogP contribution >= 0.6 is 0 Å². The summed E-state index contributed by atoms with van der Waals surface area (Å²) in [6, 6.07) is 6.68. The molecule has 2 atom stereocenters. The van der Waals surface area contributed by atoms with E-state index in [2.05, 4.69) is 10.00 Å². The van der Waals surface area contributed by atoms with Crippen LogP contribution in [0.2, 0.25) is 0 Å². The minimum absolute atomic E-state index is 0.130. The second-order valence-electron chi connectivity index (χ2n) is 5.41. The Morgan fingerprint density at radius 1 is 1.35 bits per heavy atom. The fraction of sp³-hybridized carbons (Fsp3) is 0.400. The number of benzene rings is 1. The van der Waals surface area contributed by atoms with Crippen LogP contribution in [0.5, 0.6) is 0 Å². The van der Waals surface area contributed by atoms with Gasteiger partial charge in [0.05, 0.1) is 12.3 Å². The molecule has 1 N–H and O–H groups in total. The SMILES string of the molecule is Cn1cc(CN2C[C@H](O)C[C@@H]2c2ccc(F)cc2)cn1. The molecular weight excluding hydrogens is 257 g/mol. The van der Waals surface area contributed by atoms with Gasteiger partial charge in [0.2, 0.25) is 0 Å². The topological polar surface area (TPSA) is 41.3 Å². The van der Waals surface area contributed by atoms with Crippen molar-refractivity contribution in [2.45, 2.75) is 25.1 Å². The van der Waals surface area contributed by atoms with Crippen LogP contribution in [0.15, 0.2) is 36.7 Å². The van der Waals surface area contributed by atoms with Crippen molar-refractivity contribution in [3.8, 4) is 0 Å². The molecule has 4 nitrogen and oxygen atoms in total. The number of hydrogen-bond acceptors (Lipinski definition) is 3. The number of aliphatic hydroxyl groups is 1. The van der Waals surface area contributed by atoms with Crippen LogP contribution in [0.25, 0.3) is 0 Å². The molecule has 1 fully saturated rings. The fourth-order valence-corrected chi connectivity index (χ4v) is 2.87. The molecule has 1 aliphatic heterocycles. The lowest BCUT2D eigenvalue weighted by atomic mass is 10.0. The van der Waals surface area contributed by atoms with E-state index in [1.54, 1.807) is 16.8 Å². The maximum absolute atomic E-state index is 13.0. The zero-order chi connectivity index (χ0) is 14.1. The van der Waals surface area contributed by atoms with Gasteiger partial charge >= 0.3 is 0 Å². The molecule has 0 unspecified atom stereocenters. The summed E-state index contributed by atoms with van der Waals surface area (Å²) in [5, 5.41) is 14.1. The van der Waals surface area contributed by atoms with Crippen molar-refractivity contribution in [3.05, 3.63) is 53.6 Å². The van der Waals surface area contributed by atoms with E-state index in [9.17, 15) is 9.50 Å². The maximum Gasteiger partial charge on any atom is 0.123 e. The average molecular weight is 275 g/mol. The van der Waals surface area contributed by atoms with Crippen molar-refractivity contribution in [2.24, 2.45) is 7.05 Å². The van der Waals surface area contributed by atoms with Gasteiger partial charge in [0, 0.05) is 37.9 Å². The lowest BCUT2D eigenvalue weighted by molar-refractivity contribution is 0.172. The second kappa shape index (κ2) is 5.34. The largest absolute Gasteiger partial charge is 0.392 e. The Balaban J connectivity index is 1.79. The molecule has 0 spiro atoms. The Labute approximate surface area is 117 Å². The minimum atomic E-state index is -0.332. The molecule has 20 heavy (non-hydrogen) atoms. The van der Waals surface area contributed by atoms with Crippen molar-refractivity contribution in [1.29, 1.82) is 0 Å². The number of rotatable bonds is 3. The highest BCUT2D eigenvalue weighted by molar-refractivity contribution is 5.22. The van der Waals surface area contributed by atoms with Crippen molar-refractivity contribution in [1.82, 2.24) is 14.7 Å². The molecule has 1 aromatic heterocycles. The molecule has 0 radical (unpaired) electrons. The van der Waals surface area contributed by atoms with E-state index in [1.165, 1.54) is 12.1 Å². The van der Waals surface area contributed by atoms with E-state index in [-0.39, 0.29) is 18.0 Å². The quantitative estimate of drug-likeness (QED) is 0.929. The molecule has 0 amide bonds. The number of aryl methyl sites for hydroxylation is 1. The van der Waals surface area contributed by atoms with Crippen LogP contribution in [0.3, 0.4) is 0 Å². The Morgan fingerprint density at radius 2 is 2.10 bits per heavy atom. The third kappa shape index (κ3) is 2.73. The van der Waals surface area contributed by atoms with Crippen molar-refractivity contribution in [2.75, 3.05) is 6.54 Å². The summed E-state index contributed by atoms with van der Waals surface area (Å²) >= 11 is 0. The van der Waals surface area contributed by atoms with Gasteiger partial charge in [0.1, 0.15) is 5.82 Å². The first-order valence-corrected chi connectivity index (χ1v) is 6.77. The van der Waals surface area contributed by atoms with Crippen LogP contribution in [0.4, 0.5) is 4.39 Å². The first kappa shape index (κ1) is 13.3. The summed E-state index contributed by atoms with van der Waals surface area (Å²) < 4.78 is 14.8. The van der Waals surface area contributed by atoms with Crippen molar-refractivity contribution in [3.63, 3.8) is 0 Å². The van der Waals surface area contributed by atoms with E-state index >= 15 is 0 Å². The number of halogens is 1. The summed E-state index contributed by atoms with van der Waals surface area (Å²) in [7, 11) is 1.89. The van der Waals surface area contributed by atoms with Crippen LogP contribution < -0.4 is 0 Å². The zero-order valence-corrected chi connectivity index (χ0v) is 11.4.